The summed E-state index contributed by atoms with van der Waals surface area (Å²) in [5.41, 5.74) is 1.43. The van der Waals surface area contributed by atoms with Gasteiger partial charge in [-0.1, -0.05) is 18.2 Å². The molecule has 1 spiro atoms. The molecule has 25 heavy (non-hydrogen) atoms. The van der Waals surface area contributed by atoms with E-state index in [0.717, 1.165) is 22.5 Å². The molecule has 2 saturated heterocycles. The van der Waals surface area contributed by atoms with Gasteiger partial charge in [0.1, 0.15) is 12.2 Å². The van der Waals surface area contributed by atoms with Crippen molar-refractivity contribution in [3.63, 3.8) is 0 Å². The number of likely N-dealkylation sites (tertiary alicyclic amines) is 1. The van der Waals surface area contributed by atoms with Gasteiger partial charge in [-0.2, -0.15) is 0 Å². The molecular formula is C19H20N2O3S. The van der Waals surface area contributed by atoms with Gasteiger partial charge in [-0.3, -0.25) is 9.59 Å². The molecule has 0 N–H and O–H groups in total. The number of para-hydroxylation sites is 1. The minimum atomic E-state index is -0.468. The van der Waals surface area contributed by atoms with E-state index in [9.17, 15) is 9.59 Å². The zero-order chi connectivity index (χ0) is 17.4. The maximum absolute atomic E-state index is 12.8. The number of aryl methyl sites for hydroxylation is 1. The van der Waals surface area contributed by atoms with E-state index in [2.05, 4.69) is 0 Å². The van der Waals surface area contributed by atoms with Gasteiger partial charge in [-0.05, 0) is 42.5 Å². The fourth-order valence-electron chi connectivity index (χ4n) is 3.56. The molecule has 3 heterocycles. The van der Waals surface area contributed by atoms with Crippen molar-refractivity contribution in [1.82, 2.24) is 4.90 Å². The number of thiophene rings is 1. The van der Waals surface area contributed by atoms with Crippen LogP contribution in [0.5, 0.6) is 0 Å². The molecule has 2 aromatic rings. The molecule has 1 atom stereocenters. The number of amides is 2. The highest BCUT2D eigenvalue weighted by Gasteiger charge is 2.46. The van der Waals surface area contributed by atoms with Crippen LogP contribution in [0.4, 0.5) is 5.69 Å². The van der Waals surface area contributed by atoms with E-state index in [1.165, 1.54) is 11.3 Å². The van der Waals surface area contributed by atoms with Crippen molar-refractivity contribution < 1.29 is 14.3 Å². The van der Waals surface area contributed by atoms with Crippen LogP contribution in [0.1, 0.15) is 21.7 Å². The van der Waals surface area contributed by atoms with E-state index in [1.54, 1.807) is 4.90 Å². The molecule has 2 amide bonds. The molecule has 2 aliphatic heterocycles. The van der Waals surface area contributed by atoms with Crippen molar-refractivity contribution in [3.8, 4) is 0 Å². The third-order valence-electron chi connectivity index (χ3n) is 4.98. The summed E-state index contributed by atoms with van der Waals surface area (Å²) in [6.45, 7) is 3.70. The summed E-state index contributed by atoms with van der Waals surface area (Å²) in [5, 5.41) is 1.95. The van der Waals surface area contributed by atoms with Gasteiger partial charge in [0.25, 0.3) is 11.8 Å². The fourth-order valence-corrected chi connectivity index (χ4v) is 4.45. The number of morpholine rings is 1. The summed E-state index contributed by atoms with van der Waals surface area (Å²) in [7, 11) is 0. The van der Waals surface area contributed by atoms with Crippen molar-refractivity contribution in [1.29, 1.82) is 0 Å². The Labute approximate surface area is 150 Å². The number of carbonyl (C=O) groups excluding carboxylic acids is 2. The Morgan fingerprint density at radius 3 is 2.72 bits per heavy atom. The van der Waals surface area contributed by atoms with Gasteiger partial charge < -0.3 is 14.5 Å². The second-order valence-corrected chi connectivity index (χ2v) is 7.61. The van der Waals surface area contributed by atoms with Crippen LogP contribution < -0.4 is 4.90 Å². The highest BCUT2D eigenvalue weighted by Crippen LogP contribution is 2.33. The second kappa shape index (κ2) is 6.28. The average Bonchev–Trinajstić information content (AvgIpc) is 3.24. The highest BCUT2D eigenvalue weighted by molar-refractivity contribution is 7.12. The molecule has 1 aromatic heterocycles. The van der Waals surface area contributed by atoms with Crippen LogP contribution in [0, 0.1) is 6.92 Å². The van der Waals surface area contributed by atoms with Crippen molar-refractivity contribution in [3.05, 3.63) is 52.2 Å². The minimum absolute atomic E-state index is 0.0318. The molecule has 0 bridgehead atoms. The SMILES string of the molecule is Cc1ccsc1C(=O)N1CCC2(C1)CN(c1ccccc1)C(=O)CO2. The van der Waals surface area contributed by atoms with Crippen LogP contribution in [0.3, 0.4) is 0 Å². The lowest BCUT2D eigenvalue weighted by Crippen LogP contribution is -2.56. The standard InChI is InChI=1S/C19H20N2O3S/c1-14-7-10-25-17(14)18(23)20-9-8-19(12-20)13-21(16(22)11-24-19)15-5-3-2-4-6-15/h2-7,10H,8-9,11-13H2,1H3. The van der Waals surface area contributed by atoms with Gasteiger partial charge in [0, 0.05) is 12.2 Å². The van der Waals surface area contributed by atoms with Crippen LogP contribution in [0.15, 0.2) is 41.8 Å². The molecule has 5 nitrogen and oxygen atoms in total. The van der Waals surface area contributed by atoms with E-state index >= 15 is 0 Å². The van der Waals surface area contributed by atoms with E-state index in [4.69, 9.17) is 4.74 Å². The number of anilines is 1. The highest BCUT2D eigenvalue weighted by atomic mass is 32.1. The van der Waals surface area contributed by atoms with Crippen LogP contribution in [0.25, 0.3) is 0 Å². The van der Waals surface area contributed by atoms with Crippen LogP contribution in [-0.2, 0) is 9.53 Å². The Morgan fingerprint density at radius 1 is 1.20 bits per heavy atom. The summed E-state index contributed by atoms with van der Waals surface area (Å²) in [4.78, 5) is 29.5. The van der Waals surface area contributed by atoms with Crippen molar-refractivity contribution in [2.24, 2.45) is 0 Å². The Morgan fingerprint density at radius 2 is 2.00 bits per heavy atom. The predicted octanol–water partition coefficient (Wildman–Crippen LogP) is 2.70. The average molecular weight is 356 g/mol. The Balaban J connectivity index is 1.52. The number of benzene rings is 1. The van der Waals surface area contributed by atoms with Crippen molar-refractivity contribution >= 4 is 28.8 Å². The van der Waals surface area contributed by atoms with Crippen molar-refractivity contribution in [2.75, 3.05) is 31.1 Å². The molecule has 2 aliphatic rings. The first kappa shape index (κ1) is 16.3. The monoisotopic (exact) mass is 356 g/mol. The van der Waals surface area contributed by atoms with Crippen molar-refractivity contribution in [2.45, 2.75) is 18.9 Å². The molecule has 0 saturated carbocycles. The fraction of sp³-hybridized carbons (Fsp3) is 0.368. The first-order chi connectivity index (χ1) is 12.1. The van der Waals surface area contributed by atoms with Gasteiger partial charge in [0.05, 0.1) is 18.0 Å². The molecule has 2 fully saturated rings. The van der Waals surface area contributed by atoms with E-state index in [1.807, 2.05) is 53.6 Å². The number of carbonyl (C=O) groups is 2. The summed E-state index contributed by atoms with van der Waals surface area (Å²) in [6, 6.07) is 11.6. The van der Waals surface area contributed by atoms with Gasteiger partial charge in [-0.15, -0.1) is 11.3 Å². The first-order valence-corrected chi connectivity index (χ1v) is 9.29. The molecule has 130 valence electrons. The third-order valence-corrected chi connectivity index (χ3v) is 5.98. The molecule has 6 heteroatoms. The lowest BCUT2D eigenvalue weighted by atomic mass is 10.00. The number of hydrogen-bond donors (Lipinski definition) is 0. The van der Waals surface area contributed by atoms with Crippen LogP contribution >= 0.6 is 11.3 Å². The van der Waals surface area contributed by atoms with Crippen LogP contribution in [0.2, 0.25) is 0 Å². The van der Waals surface area contributed by atoms with Gasteiger partial charge in [0.15, 0.2) is 0 Å². The van der Waals surface area contributed by atoms with Gasteiger partial charge in [0.2, 0.25) is 0 Å². The summed E-state index contributed by atoms with van der Waals surface area (Å²) in [6.07, 6.45) is 0.750. The number of nitrogens with zero attached hydrogens (tertiary/aromatic N) is 2. The third kappa shape index (κ3) is 2.96. The number of ether oxygens (including phenoxy) is 1. The summed E-state index contributed by atoms with van der Waals surface area (Å²) < 4.78 is 5.94. The first-order valence-electron chi connectivity index (χ1n) is 8.41. The zero-order valence-corrected chi connectivity index (χ0v) is 14.9. The Kier molecular flexibility index (Phi) is 4.09. The van der Waals surface area contributed by atoms with Gasteiger partial charge in [-0.25, -0.2) is 0 Å². The quantitative estimate of drug-likeness (QED) is 0.831. The zero-order valence-electron chi connectivity index (χ0n) is 14.1. The summed E-state index contributed by atoms with van der Waals surface area (Å²) in [5.74, 6) is 0.0341. The summed E-state index contributed by atoms with van der Waals surface area (Å²) >= 11 is 1.48. The van der Waals surface area contributed by atoms with Gasteiger partial charge >= 0.3 is 0 Å². The topological polar surface area (TPSA) is 49.9 Å². The molecule has 4 rings (SSSR count). The predicted molar refractivity (Wildman–Crippen MR) is 97.1 cm³/mol. The largest absolute Gasteiger partial charge is 0.361 e. The maximum atomic E-state index is 12.8. The lowest BCUT2D eigenvalue weighted by Gasteiger charge is -2.40. The molecule has 0 radical (unpaired) electrons. The minimum Gasteiger partial charge on any atom is -0.361 e. The number of hydrogen-bond acceptors (Lipinski definition) is 4. The Bertz CT molecular complexity index is 804. The van der Waals surface area contributed by atoms with E-state index in [0.29, 0.717) is 19.6 Å². The molecule has 1 unspecified atom stereocenters. The molecular weight excluding hydrogens is 336 g/mol. The smallest absolute Gasteiger partial charge is 0.264 e. The molecule has 0 aliphatic carbocycles. The van der Waals surface area contributed by atoms with E-state index < -0.39 is 5.60 Å². The lowest BCUT2D eigenvalue weighted by molar-refractivity contribution is -0.137. The maximum Gasteiger partial charge on any atom is 0.264 e. The van der Waals surface area contributed by atoms with Crippen LogP contribution in [-0.4, -0.2) is 48.6 Å². The normalized spacial score (nSPS) is 23.5. The second-order valence-electron chi connectivity index (χ2n) is 6.70. The Hall–Kier alpha value is -2.18. The van der Waals surface area contributed by atoms with E-state index in [-0.39, 0.29) is 18.4 Å². The molecule has 1 aromatic carbocycles. The number of rotatable bonds is 2.